The van der Waals surface area contributed by atoms with Crippen molar-refractivity contribution in [2.24, 2.45) is 10.8 Å². The van der Waals surface area contributed by atoms with Gasteiger partial charge in [-0.1, -0.05) is 0 Å². The van der Waals surface area contributed by atoms with Gasteiger partial charge in [-0.05, 0) is 0 Å². The van der Waals surface area contributed by atoms with Gasteiger partial charge in [-0.15, -0.1) is 0 Å². The highest BCUT2D eigenvalue weighted by atomic mass is 19.3. The maximum Gasteiger partial charge on any atom is 0.378 e. The third-order valence-electron chi connectivity index (χ3n) is 11.9. The molecule has 0 bridgehead atoms. The fraction of sp³-hybridized carbons (Fsp3) is 1.00. The average Bonchev–Trinajstić information content (AvgIpc) is 3.95. The number of halogens is 20. The summed E-state index contributed by atoms with van der Waals surface area (Å²) in [6.07, 6.45) is -56.1. The maximum atomic E-state index is 17.4. The van der Waals surface area contributed by atoms with E-state index in [4.69, 9.17) is 33.2 Å². The van der Waals surface area contributed by atoms with Gasteiger partial charge in [-0.25, -0.2) is 26.3 Å². The summed E-state index contributed by atoms with van der Waals surface area (Å²) in [7, 11) is 0. The molecule has 0 aromatic carbocycles. The Morgan fingerprint density at radius 2 is 0.578 bits per heavy atom. The summed E-state index contributed by atoms with van der Waals surface area (Å²) in [6, 6.07) is 0. The van der Waals surface area contributed by atoms with E-state index in [1.807, 2.05) is 0 Å². The van der Waals surface area contributed by atoms with Gasteiger partial charge in [0.15, 0.2) is 23.4 Å². The number of ether oxygens (including phenoxy) is 19. The molecule has 39 heteroatoms. The van der Waals surface area contributed by atoms with Crippen LogP contribution in [0.2, 0.25) is 0 Å². The molecule has 6 saturated heterocycles. The van der Waals surface area contributed by atoms with Gasteiger partial charge in [0.25, 0.3) is 17.8 Å². The first-order chi connectivity index (χ1) is 38.4. The molecule has 7 unspecified atom stereocenters. The van der Waals surface area contributed by atoms with E-state index in [0.717, 1.165) is 0 Å². The summed E-state index contributed by atoms with van der Waals surface area (Å²) in [4.78, 5) is 0. The van der Waals surface area contributed by atoms with Crippen LogP contribution in [0.4, 0.5) is 87.8 Å². The number of hydrogen-bond donors (Lipinski definition) is 0. The Bertz CT molecular complexity index is 1920. The van der Waals surface area contributed by atoms with Gasteiger partial charge in [0, 0.05) is 0 Å². The quantitative estimate of drug-likeness (QED) is 0.0354. The van der Waals surface area contributed by atoms with Crippen LogP contribution in [0, 0.1) is 10.8 Å². The molecule has 488 valence electrons. The van der Waals surface area contributed by atoms with E-state index in [0.29, 0.717) is 0 Å². The molecule has 0 amide bonds. The van der Waals surface area contributed by atoms with E-state index in [1.54, 1.807) is 0 Å². The minimum atomic E-state index is -6.94. The molecule has 6 fully saturated rings. The fourth-order valence-electron chi connectivity index (χ4n) is 6.65. The summed E-state index contributed by atoms with van der Waals surface area (Å²) in [5.74, 6) is -13.6. The van der Waals surface area contributed by atoms with E-state index < -0.39 is 240 Å². The molecule has 0 aromatic rings. The Labute approximate surface area is 457 Å². The van der Waals surface area contributed by atoms with Crippen LogP contribution in [-0.2, 0) is 90.0 Å². The first kappa shape index (κ1) is 69.9. The molecular weight excluding hydrogens is 1210 g/mol. The van der Waals surface area contributed by atoms with Crippen LogP contribution < -0.4 is 0 Å². The zero-order valence-corrected chi connectivity index (χ0v) is 43.2. The molecule has 0 aromatic heterocycles. The van der Waals surface area contributed by atoms with Crippen LogP contribution in [-0.4, -0.2) is 249 Å². The predicted molar refractivity (Wildman–Crippen MR) is 223 cm³/mol. The van der Waals surface area contributed by atoms with Gasteiger partial charge in [-0.3, -0.25) is 14.2 Å². The molecule has 6 rings (SSSR count). The number of alkyl halides is 20. The average molecular weight is 1270 g/mol. The molecular formula is C44H58F20O19. The molecule has 6 aliphatic heterocycles. The largest absolute Gasteiger partial charge is 0.378 e. The van der Waals surface area contributed by atoms with E-state index in [2.05, 4.69) is 56.8 Å². The second-order valence-electron chi connectivity index (χ2n) is 19.7. The monoisotopic (exact) mass is 1270 g/mol. The lowest BCUT2D eigenvalue weighted by molar-refractivity contribution is -0.511. The van der Waals surface area contributed by atoms with Crippen molar-refractivity contribution < 1.29 is 178 Å². The molecule has 6 heterocycles. The number of hydrogen-bond acceptors (Lipinski definition) is 19. The van der Waals surface area contributed by atoms with Gasteiger partial charge >= 0.3 is 42.8 Å². The first-order valence-corrected chi connectivity index (χ1v) is 24.9. The Morgan fingerprint density at radius 1 is 0.289 bits per heavy atom. The molecule has 0 aliphatic carbocycles. The van der Waals surface area contributed by atoms with Crippen LogP contribution in [0.15, 0.2) is 0 Å². The van der Waals surface area contributed by atoms with Crippen molar-refractivity contribution in [1.82, 2.24) is 0 Å². The van der Waals surface area contributed by atoms with Crippen LogP contribution in [0.25, 0.3) is 0 Å². The van der Waals surface area contributed by atoms with Crippen molar-refractivity contribution in [3.05, 3.63) is 0 Å². The van der Waals surface area contributed by atoms with Crippen LogP contribution in [0.3, 0.4) is 0 Å². The Morgan fingerprint density at radius 3 is 0.916 bits per heavy atom. The minimum absolute atomic E-state index is 0.00273. The van der Waals surface area contributed by atoms with Crippen molar-refractivity contribution >= 4 is 0 Å². The Balaban J connectivity index is 1.42. The minimum Gasteiger partial charge on any atom is -0.378 e. The molecule has 19 nitrogen and oxygen atoms in total. The van der Waals surface area contributed by atoms with E-state index in [1.165, 1.54) is 0 Å². The number of rotatable bonds is 50. The summed E-state index contributed by atoms with van der Waals surface area (Å²) in [6.45, 7) is -33.0. The van der Waals surface area contributed by atoms with Crippen LogP contribution in [0.1, 0.15) is 19.3 Å². The third kappa shape index (κ3) is 23.4. The predicted octanol–water partition coefficient (Wildman–Crippen LogP) is 6.71. The fourth-order valence-corrected chi connectivity index (χ4v) is 6.65. The standard InChI is InChI=1S/C44H58F20O19/c45-35(46,21-67-9-29-13-75-29)23-69-17-33(18-70-25-37(49,50)26-79-32-16-78-32,42(59,60)83-40(55,56)3-6-72-31-15-77-31)41(57,58)80-20-34(19-71-24-36(47,48)22-68-10-30-14-76-30,43(61,62)81-38(51,52)1-4-65-7-27-11-73-27)44(63,64)82-39(53,54)2-5-66-8-28-12-74-28/h27-32H,1-26H2. The van der Waals surface area contributed by atoms with Crippen molar-refractivity contribution in [1.29, 1.82) is 0 Å². The molecule has 7 atom stereocenters. The normalized spacial score (nSPS) is 24.9. The lowest BCUT2D eigenvalue weighted by Gasteiger charge is -2.47. The molecule has 0 saturated carbocycles. The van der Waals surface area contributed by atoms with Crippen molar-refractivity contribution in [2.75, 3.05) is 152 Å². The van der Waals surface area contributed by atoms with E-state index in [-0.39, 0.29) is 39.6 Å². The van der Waals surface area contributed by atoms with Gasteiger partial charge < -0.3 is 75.8 Å². The Kier molecular flexibility index (Phi) is 23.7. The molecule has 83 heavy (non-hydrogen) atoms. The second-order valence-corrected chi connectivity index (χ2v) is 19.7. The SMILES string of the molecule is FC(F)(COCC1CO1)COCC(COCC(F)(F)COC1CO1)(C(F)(F)OCC(COCC(F)(F)COCC1CO1)(C(F)(F)OC(F)(F)CCOCC1CO1)C(F)(F)OC(F)(F)CCOCC1CO1)C(F)(F)OC(F)(F)CCOC1CO1. The lowest BCUT2D eigenvalue weighted by Crippen LogP contribution is -2.67. The Hall–Kier alpha value is -2.16. The van der Waals surface area contributed by atoms with Crippen LogP contribution in [0.5, 0.6) is 0 Å². The smallest absolute Gasteiger partial charge is 0.378 e. The third-order valence-corrected chi connectivity index (χ3v) is 11.9. The van der Waals surface area contributed by atoms with Gasteiger partial charge in [-0.2, -0.15) is 61.5 Å². The van der Waals surface area contributed by atoms with E-state index >= 15 is 87.8 Å². The highest BCUT2D eigenvalue weighted by molar-refractivity contribution is 5.01. The van der Waals surface area contributed by atoms with Crippen molar-refractivity contribution in [3.63, 3.8) is 0 Å². The summed E-state index contributed by atoms with van der Waals surface area (Å²) < 4.78 is 403. The highest BCUT2D eigenvalue weighted by Gasteiger charge is 2.78. The van der Waals surface area contributed by atoms with E-state index in [9.17, 15) is 0 Å². The zero-order valence-electron chi connectivity index (χ0n) is 43.2. The first-order valence-electron chi connectivity index (χ1n) is 24.9. The molecule has 0 radical (unpaired) electrons. The zero-order chi connectivity index (χ0) is 61.3. The summed E-state index contributed by atoms with van der Waals surface area (Å²) in [5.41, 5.74) is -11.9. The molecule has 0 spiro atoms. The number of epoxide rings is 6. The van der Waals surface area contributed by atoms with Crippen molar-refractivity contribution in [3.8, 4) is 0 Å². The summed E-state index contributed by atoms with van der Waals surface area (Å²) >= 11 is 0. The van der Waals surface area contributed by atoms with Crippen LogP contribution >= 0.6 is 0 Å². The van der Waals surface area contributed by atoms with Gasteiger partial charge in [0.05, 0.1) is 118 Å². The topological polar surface area (TPSA) is 195 Å². The van der Waals surface area contributed by atoms with Gasteiger partial charge in [0.1, 0.15) is 77.3 Å². The molecule has 6 aliphatic rings. The highest BCUT2D eigenvalue weighted by Crippen LogP contribution is 2.58. The second kappa shape index (κ2) is 28.1. The van der Waals surface area contributed by atoms with Crippen molar-refractivity contribution in [2.45, 2.75) is 117 Å². The van der Waals surface area contributed by atoms with Gasteiger partial charge in [0.2, 0.25) is 0 Å². The lowest BCUT2D eigenvalue weighted by atomic mass is 9.84. The molecule has 0 N–H and O–H groups in total. The maximum absolute atomic E-state index is 17.4. The summed E-state index contributed by atoms with van der Waals surface area (Å²) in [5, 5.41) is 0.